The number of hydrogen-bond donors (Lipinski definition) is 0. The second-order valence-electron chi connectivity index (χ2n) is 6.68. The SMILES string of the molecule is CCCN(Cc1nnc(-c2ccccc2Cl)o1)C(=O)C1CC(c2ccc(Cl)s2)=NO1. The highest BCUT2D eigenvalue weighted by Gasteiger charge is 2.33. The van der Waals surface area contributed by atoms with E-state index in [2.05, 4.69) is 15.4 Å². The van der Waals surface area contributed by atoms with Crippen molar-refractivity contribution < 1.29 is 14.0 Å². The molecule has 10 heteroatoms. The van der Waals surface area contributed by atoms with Gasteiger partial charge in [0.2, 0.25) is 17.9 Å². The smallest absolute Gasteiger partial charge is 0.267 e. The quantitative estimate of drug-likeness (QED) is 0.489. The summed E-state index contributed by atoms with van der Waals surface area (Å²) in [7, 11) is 0. The van der Waals surface area contributed by atoms with Crippen LogP contribution in [0, 0.1) is 0 Å². The number of benzene rings is 1. The molecule has 0 spiro atoms. The number of amides is 1. The van der Waals surface area contributed by atoms with Gasteiger partial charge in [-0.05, 0) is 30.7 Å². The average molecular weight is 465 g/mol. The lowest BCUT2D eigenvalue weighted by atomic mass is 10.1. The van der Waals surface area contributed by atoms with E-state index in [1.54, 1.807) is 23.1 Å². The van der Waals surface area contributed by atoms with E-state index >= 15 is 0 Å². The molecule has 1 unspecified atom stereocenters. The highest BCUT2D eigenvalue weighted by molar-refractivity contribution is 7.18. The third-order valence-electron chi connectivity index (χ3n) is 4.50. The second-order valence-corrected chi connectivity index (χ2v) is 8.80. The summed E-state index contributed by atoms with van der Waals surface area (Å²) in [4.78, 5) is 21.0. The van der Waals surface area contributed by atoms with Gasteiger partial charge in [0.15, 0.2) is 0 Å². The van der Waals surface area contributed by atoms with Gasteiger partial charge in [0.25, 0.3) is 5.91 Å². The van der Waals surface area contributed by atoms with Crippen molar-refractivity contribution in [2.45, 2.75) is 32.4 Å². The molecule has 156 valence electrons. The third-order valence-corrected chi connectivity index (χ3v) is 6.11. The fourth-order valence-electron chi connectivity index (χ4n) is 3.09. The average Bonchev–Trinajstić information content (AvgIpc) is 3.48. The van der Waals surface area contributed by atoms with Crippen LogP contribution in [0.5, 0.6) is 0 Å². The van der Waals surface area contributed by atoms with Gasteiger partial charge in [0.1, 0.15) is 5.71 Å². The molecule has 30 heavy (non-hydrogen) atoms. The molecule has 1 aromatic carbocycles. The molecule has 0 aliphatic carbocycles. The van der Waals surface area contributed by atoms with Gasteiger partial charge in [-0.25, -0.2) is 0 Å². The Morgan fingerprint density at radius 2 is 2.07 bits per heavy atom. The maximum atomic E-state index is 13.0. The normalized spacial score (nSPS) is 15.7. The molecule has 1 atom stereocenters. The number of hydrogen-bond acceptors (Lipinski definition) is 7. The molecule has 7 nitrogen and oxygen atoms in total. The van der Waals surface area contributed by atoms with Crippen LogP contribution in [0.15, 0.2) is 46.0 Å². The van der Waals surface area contributed by atoms with Crippen molar-refractivity contribution in [3.8, 4) is 11.5 Å². The second kappa shape index (κ2) is 9.16. The molecule has 0 fully saturated rings. The van der Waals surface area contributed by atoms with Crippen LogP contribution >= 0.6 is 34.5 Å². The van der Waals surface area contributed by atoms with E-state index in [1.807, 2.05) is 25.1 Å². The summed E-state index contributed by atoms with van der Waals surface area (Å²) in [6, 6.07) is 10.9. The van der Waals surface area contributed by atoms with Crippen molar-refractivity contribution in [3.05, 3.63) is 56.5 Å². The van der Waals surface area contributed by atoms with E-state index in [0.29, 0.717) is 39.7 Å². The molecule has 1 amide bonds. The van der Waals surface area contributed by atoms with Gasteiger partial charge >= 0.3 is 0 Å². The Kier molecular flexibility index (Phi) is 6.36. The summed E-state index contributed by atoms with van der Waals surface area (Å²) in [6.45, 7) is 2.71. The minimum atomic E-state index is -0.682. The van der Waals surface area contributed by atoms with Crippen LogP contribution in [-0.2, 0) is 16.2 Å². The lowest BCUT2D eigenvalue weighted by Crippen LogP contribution is -2.39. The lowest BCUT2D eigenvalue weighted by Gasteiger charge is -2.22. The van der Waals surface area contributed by atoms with Crippen molar-refractivity contribution in [3.63, 3.8) is 0 Å². The molecule has 1 aliphatic rings. The molecule has 0 N–H and O–H groups in total. The minimum Gasteiger partial charge on any atom is -0.419 e. The summed E-state index contributed by atoms with van der Waals surface area (Å²) in [5.41, 5.74) is 1.37. The molecule has 0 saturated heterocycles. The number of carbonyl (C=O) groups excluding carboxylic acids is 1. The molecule has 0 radical (unpaired) electrons. The predicted molar refractivity (Wildman–Crippen MR) is 116 cm³/mol. The molecule has 3 aromatic rings. The van der Waals surface area contributed by atoms with E-state index in [9.17, 15) is 4.79 Å². The van der Waals surface area contributed by atoms with E-state index < -0.39 is 6.10 Å². The number of rotatable bonds is 7. The van der Waals surface area contributed by atoms with Gasteiger partial charge in [0.05, 0.1) is 26.3 Å². The standard InChI is InChI=1S/C20H18Cl2N4O3S/c1-2-9-26(11-18-23-24-19(28-18)12-5-3-4-6-13(12)21)20(27)15-10-14(25-29-15)16-7-8-17(22)30-16/h3-8,15H,2,9-11H2,1H3. The van der Waals surface area contributed by atoms with Crippen molar-refractivity contribution in [1.29, 1.82) is 0 Å². The zero-order chi connectivity index (χ0) is 21.1. The van der Waals surface area contributed by atoms with Crippen LogP contribution in [0.4, 0.5) is 0 Å². The first-order valence-electron chi connectivity index (χ1n) is 9.39. The first-order chi connectivity index (χ1) is 14.5. The summed E-state index contributed by atoms with van der Waals surface area (Å²) < 4.78 is 6.42. The van der Waals surface area contributed by atoms with Crippen molar-refractivity contribution in [1.82, 2.24) is 15.1 Å². The lowest BCUT2D eigenvalue weighted by molar-refractivity contribution is -0.143. The third kappa shape index (κ3) is 4.50. The Labute approximate surface area is 187 Å². The zero-order valence-corrected chi connectivity index (χ0v) is 18.4. The van der Waals surface area contributed by atoms with E-state index in [4.69, 9.17) is 32.5 Å². The molecule has 0 saturated carbocycles. The zero-order valence-electron chi connectivity index (χ0n) is 16.0. The molecule has 0 bridgehead atoms. The van der Waals surface area contributed by atoms with Crippen molar-refractivity contribution in [2.24, 2.45) is 5.16 Å². The molecule has 3 heterocycles. The van der Waals surface area contributed by atoms with E-state index in [-0.39, 0.29) is 12.5 Å². The molecule has 2 aromatic heterocycles. The van der Waals surface area contributed by atoms with Crippen molar-refractivity contribution >= 4 is 46.2 Å². The Morgan fingerprint density at radius 3 is 2.80 bits per heavy atom. The number of thiophene rings is 1. The minimum absolute atomic E-state index is 0.171. The summed E-state index contributed by atoms with van der Waals surface area (Å²) in [6.07, 6.45) is 0.487. The maximum absolute atomic E-state index is 13.0. The van der Waals surface area contributed by atoms with E-state index in [0.717, 1.165) is 17.0 Å². The summed E-state index contributed by atoms with van der Waals surface area (Å²) in [5.74, 6) is 0.475. The topological polar surface area (TPSA) is 80.8 Å². The molecular formula is C20H18Cl2N4O3S. The number of aromatic nitrogens is 2. The van der Waals surface area contributed by atoms with Crippen LogP contribution < -0.4 is 0 Å². The monoisotopic (exact) mass is 464 g/mol. The first kappa shape index (κ1) is 20.8. The van der Waals surface area contributed by atoms with Gasteiger partial charge in [0, 0.05) is 13.0 Å². The fraction of sp³-hybridized carbons (Fsp3) is 0.300. The van der Waals surface area contributed by atoms with Gasteiger partial charge in [-0.15, -0.1) is 21.5 Å². The van der Waals surface area contributed by atoms with Crippen LogP contribution in [0.1, 0.15) is 30.5 Å². The Morgan fingerprint density at radius 1 is 1.23 bits per heavy atom. The van der Waals surface area contributed by atoms with E-state index in [1.165, 1.54) is 11.3 Å². The van der Waals surface area contributed by atoms with Gasteiger partial charge in [-0.1, -0.05) is 47.4 Å². The highest BCUT2D eigenvalue weighted by atomic mass is 35.5. The number of halogens is 2. The molecular weight excluding hydrogens is 447 g/mol. The van der Waals surface area contributed by atoms with Crippen LogP contribution in [0.2, 0.25) is 9.36 Å². The van der Waals surface area contributed by atoms with Crippen LogP contribution in [0.25, 0.3) is 11.5 Å². The predicted octanol–water partition coefficient (Wildman–Crippen LogP) is 5.04. The van der Waals surface area contributed by atoms with Gasteiger partial charge in [-0.2, -0.15) is 0 Å². The van der Waals surface area contributed by atoms with Gasteiger partial charge in [-0.3, -0.25) is 4.79 Å². The Hall–Kier alpha value is -2.42. The highest BCUT2D eigenvalue weighted by Crippen LogP contribution is 2.28. The fourth-order valence-corrected chi connectivity index (χ4v) is 4.34. The Bertz CT molecular complexity index is 1080. The Balaban J connectivity index is 1.44. The van der Waals surface area contributed by atoms with Gasteiger partial charge < -0.3 is 14.2 Å². The summed E-state index contributed by atoms with van der Waals surface area (Å²) in [5, 5.41) is 12.7. The van der Waals surface area contributed by atoms with Crippen molar-refractivity contribution in [2.75, 3.05) is 6.54 Å². The summed E-state index contributed by atoms with van der Waals surface area (Å²) >= 11 is 13.6. The van der Waals surface area contributed by atoms with Crippen LogP contribution in [-0.4, -0.2) is 39.4 Å². The maximum Gasteiger partial charge on any atom is 0.267 e. The number of carbonyl (C=O) groups is 1. The largest absolute Gasteiger partial charge is 0.419 e. The number of nitrogens with zero attached hydrogens (tertiary/aromatic N) is 4. The first-order valence-corrected chi connectivity index (χ1v) is 11.0. The molecule has 4 rings (SSSR count). The van der Waals surface area contributed by atoms with Crippen LogP contribution in [0.3, 0.4) is 0 Å². The number of oxime groups is 1. The molecule has 1 aliphatic heterocycles.